The Kier molecular flexibility index (Phi) is 6.24. The molecule has 0 bridgehead atoms. The molecule has 0 unspecified atom stereocenters. The van der Waals surface area contributed by atoms with Gasteiger partial charge in [0.15, 0.2) is 0 Å². The fourth-order valence-corrected chi connectivity index (χ4v) is 2.52. The molecule has 2 rings (SSSR count). The van der Waals surface area contributed by atoms with E-state index in [2.05, 4.69) is 11.4 Å². The number of hydrogen-bond donors (Lipinski definition) is 1. The van der Waals surface area contributed by atoms with Crippen LogP contribution in [0.25, 0.3) is 0 Å². The SMILES string of the molecule is CCN(C(=O)NCCOc1cc(C)ccc1C)c1cccc(C)c1. The number of anilines is 1. The van der Waals surface area contributed by atoms with Gasteiger partial charge in [-0.05, 0) is 62.6 Å². The number of nitrogens with one attached hydrogen (secondary N) is 1. The number of benzene rings is 2. The Morgan fingerprint density at radius 2 is 1.83 bits per heavy atom. The molecule has 0 aliphatic carbocycles. The van der Waals surface area contributed by atoms with E-state index in [0.29, 0.717) is 19.7 Å². The molecule has 128 valence electrons. The van der Waals surface area contributed by atoms with E-state index in [1.807, 2.05) is 64.1 Å². The van der Waals surface area contributed by atoms with Crippen LogP contribution in [0.2, 0.25) is 0 Å². The van der Waals surface area contributed by atoms with Gasteiger partial charge in [0.2, 0.25) is 0 Å². The second-order valence-corrected chi connectivity index (χ2v) is 5.93. The highest BCUT2D eigenvalue weighted by Crippen LogP contribution is 2.19. The lowest BCUT2D eigenvalue weighted by Gasteiger charge is -2.22. The van der Waals surface area contributed by atoms with Crippen molar-refractivity contribution in [2.75, 3.05) is 24.6 Å². The monoisotopic (exact) mass is 326 g/mol. The molecule has 0 saturated heterocycles. The van der Waals surface area contributed by atoms with Gasteiger partial charge in [-0.2, -0.15) is 0 Å². The summed E-state index contributed by atoms with van der Waals surface area (Å²) in [5, 5.41) is 2.92. The molecule has 0 heterocycles. The Hall–Kier alpha value is -2.49. The number of urea groups is 1. The van der Waals surface area contributed by atoms with E-state index >= 15 is 0 Å². The Labute approximate surface area is 144 Å². The zero-order chi connectivity index (χ0) is 17.5. The molecule has 2 amide bonds. The third-order valence-electron chi connectivity index (χ3n) is 3.85. The first kappa shape index (κ1) is 17.9. The van der Waals surface area contributed by atoms with Gasteiger partial charge >= 0.3 is 6.03 Å². The Bertz CT molecular complexity index is 698. The third-order valence-corrected chi connectivity index (χ3v) is 3.85. The normalized spacial score (nSPS) is 10.3. The van der Waals surface area contributed by atoms with Crippen molar-refractivity contribution >= 4 is 11.7 Å². The quantitative estimate of drug-likeness (QED) is 0.807. The molecule has 2 aromatic rings. The van der Waals surface area contributed by atoms with E-state index in [1.165, 1.54) is 0 Å². The lowest BCUT2D eigenvalue weighted by Crippen LogP contribution is -2.41. The molecule has 2 aromatic carbocycles. The average molecular weight is 326 g/mol. The minimum absolute atomic E-state index is 0.104. The number of rotatable bonds is 6. The summed E-state index contributed by atoms with van der Waals surface area (Å²) < 4.78 is 5.77. The number of carbonyl (C=O) groups is 1. The second-order valence-electron chi connectivity index (χ2n) is 5.93. The van der Waals surface area contributed by atoms with Crippen molar-refractivity contribution in [3.05, 3.63) is 59.2 Å². The first-order chi connectivity index (χ1) is 11.5. The van der Waals surface area contributed by atoms with Gasteiger partial charge in [-0.3, -0.25) is 4.90 Å². The Morgan fingerprint density at radius 3 is 2.54 bits per heavy atom. The van der Waals surface area contributed by atoms with Crippen LogP contribution in [0.5, 0.6) is 5.75 Å². The number of ether oxygens (including phenoxy) is 1. The van der Waals surface area contributed by atoms with E-state index in [9.17, 15) is 4.79 Å². The van der Waals surface area contributed by atoms with Crippen LogP contribution in [0.4, 0.5) is 10.5 Å². The third kappa shape index (κ3) is 4.75. The van der Waals surface area contributed by atoms with Crippen molar-refractivity contribution in [2.24, 2.45) is 0 Å². The van der Waals surface area contributed by atoms with Gasteiger partial charge < -0.3 is 10.1 Å². The first-order valence-electron chi connectivity index (χ1n) is 8.33. The molecule has 4 heteroatoms. The zero-order valence-corrected chi connectivity index (χ0v) is 14.9. The average Bonchev–Trinajstić information content (AvgIpc) is 2.55. The predicted molar refractivity (Wildman–Crippen MR) is 99.0 cm³/mol. The summed E-state index contributed by atoms with van der Waals surface area (Å²) in [5.41, 5.74) is 4.31. The van der Waals surface area contributed by atoms with Crippen molar-refractivity contribution < 1.29 is 9.53 Å². The minimum Gasteiger partial charge on any atom is -0.491 e. The molecule has 0 saturated carbocycles. The van der Waals surface area contributed by atoms with Gasteiger partial charge in [0.1, 0.15) is 12.4 Å². The van der Waals surface area contributed by atoms with E-state index in [0.717, 1.165) is 28.1 Å². The maximum absolute atomic E-state index is 12.4. The molecule has 0 aliphatic heterocycles. The summed E-state index contributed by atoms with van der Waals surface area (Å²) >= 11 is 0. The number of carbonyl (C=O) groups excluding carboxylic acids is 1. The molecule has 1 N–H and O–H groups in total. The minimum atomic E-state index is -0.104. The van der Waals surface area contributed by atoms with Crippen molar-refractivity contribution in [1.29, 1.82) is 0 Å². The van der Waals surface area contributed by atoms with E-state index in [1.54, 1.807) is 4.90 Å². The van der Waals surface area contributed by atoms with Crippen LogP contribution in [0.15, 0.2) is 42.5 Å². The molecule has 0 atom stereocenters. The highest BCUT2D eigenvalue weighted by atomic mass is 16.5. The zero-order valence-electron chi connectivity index (χ0n) is 14.9. The lowest BCUT2D eigenvalue weighted by atomic mass is 10.1. The van der Waals surface area contributed by atoms with Crippen LogP contribution in [0, 0.1) is 20.8 Å². The van der Waals surface area contributed by atoms with Gasteiger partial charge in [0, 0.05) is 12.2 Å². The highest BCUT2D eigenvalue weighted by Gasteiger charge is 2.13. The predicted octanol–water partition coefficient (Wildman–Crippen LogP) is 4.23. The molecular formula is C20H26N2O2. The summed E-state index contributed by atoms with van der Waals surface area (Å²) in [7, 11) is 0. The topological polar surface area (TPSA) is 41.6 Å². The molecule has 0 spiro atoms. The van der Waals surface area contributed by atoms with Crippen LogP contribution < -0.4 is 15.0 Å². The highest BCUT2D eigenvalue weighted by molar-refractivity contribution is 5.91. The fraction of sp³-hybridized carbons (Fsp3) is 0.350. The van der Waals surface area contributed by atoms with Crippen molar-refractivity contribution in [3.8, 4) is 5.75 Å². The molecule has 0 aliphatic rings. The van der Waals surface area contributed by atoms with Gasteiger partial charge in [-0.1, -0.05) is 24.3 Å². The molecular weight excluding hydrogens is 300 g/mol. The van der Waals surface area contributed by atoms with Crippen LogP contribution in [-0.4, -0.2) is 25.7 Å². The maximum Gasteiger partial charge on any atom is 0.321 e. The summed E-state index contributed by atoms with van der Waals surface area (Å²) in [6.45, 7) is 9.57. The molecule has 4 nitrogen and oxygen atoms in total. The summed E-state index contributed by atoms with van der Waals surface area (Å²) in [6, 6.07) is 14.0. The van der Waals surface area contributed by atoms with Crippen molar-refractivity contribution in [2.45, 2.75) is 27.7 Å². The van der Waals surface area contributed by atoms with E-state index in [-0.39, 0.29) is 6.03 Å². The van der Waals surface area contributed by atoms with Crippen molar-refractivity contribution in [3.63, 3.8) is 0 Å². The number of amides is 2. The number of aryl methyl sites for hydroxylation is 3. The molecule has 0 radical (unpaired) electrons. The number of nitrogens with zero attached hydrogens (tertiary/aromatic N) is 1. The first-order valence-corrected chi connectivity index (χ1v) is 8.33. The molecule has 0 fully saturated rings. The van der Waals surface area contributed by atoms with Gasteiger partial charge in [-0.15, -0.1) is 0 Å². The summed E-state index contributed by atoms with van der Waals surface area (Å²) in [5.74, 6) is 0.871. The van der Waals surface area contributed by atoms with Crippen LogP contribution >= 0.6 is 0 Å². The van der Waals surface area contributed by atoms with E-state index < -0.39 is 0 Å². The Balaban J connectivity index is 1.86. The van der Waals surface area contributed by atoms with Gasteiger partial charge in [-0.25, -0.2) is 4.79 Å². The second kappa shape index (κ2) is 8.39. The van der Waals surface area contributed by atoms with Gasteiger partial charge in [0.25, 0.3) is 0 Å². The smallest absolute Gasteiger partial charge is 0.321 e. The summed E-state index contributed by atoms with van der Waals surface area (Å²) in [6.07, 6.45) is 0. The largest absolute Gasteiger partial charge is 0.491 e. The van der Waals surface area contributed by atoms with Crippen molar-refractivity contribution in [1.82, 2.24) is 5.32 Å². The maximum atomic E-state index is 12.4. The Morgan fingerprint density at radius 1 is 1.08 bits per heavy atom. The standard InChI is InChI=1S/C20H26N2O2/c1-5-22(18-8-6-7-15(2)13-18)20(23)21-11-12-24-19-14-16(3)9-10-17(19)4/h6-10,13-14H,5,11-12H2,1-4H3,(H,21,23). The van der Waals surface area contributed by atoms with Crippen LogP contribution in [0.3, 0.4) is 0 Å². The van der Waals surface area contributed by atoms with Crippen LogP contribution in [0.1, 0.15) is 23.6 Å². The molecule has 0 aromatic heterocycles. The lowest BCUT2D eigenvalue weighted by molar-refractivity contribution is 0.242. The molecule has 24 heavy (non-hydrogen) atoms. The van der Waals surface area contributed by atoms with E-state index in [4.69, 9.17) is 4.74 Å². The summed E-state index contributed by atoms with van der Waals surface area (Å²) in [4.78, 5) is 14.1. The van der Waals surface area contributed by atoms with Crippen LogP contribution in [-0.2, 0) is 0 Å². The fourth-order valence-electron chi connectivity index (χ4n) is 2.52. The number of hydrogen-bond acceptors (Lipinski definition) is 2. The van der Waals surface area contributed by atoms with Gasteiger partial charge in [0.05, 0.1) is 6.54 Å².